The van der Waals surface area contributed by atoms with Crippen LogP contribution in [0.15, 0.2) is 183 Å². The van der Waals surface area contributed by atoms with Crippen molar-refractivity contribution in [3.8, 4) is 11.5 Å². The van der Waals surface area contributed by atoms with E-state index in [0.29, 0.717) is 48.9 Å². The SMILES string of the molecule is C=C(C)C1CC2C=CC1C2.C=C(C)c1cccc(C(C)(C)CC(=O)OCC2CC3C=CC2C3)c1.C=C(C)c1cccc(C(C)(C)CC(=O)Oc2ccccc2CC2CC3C=CC2C3)c1.CC1CC2C=CC1C2.Oc1ccccc1CC1CC2C=CC1C2. The van der Waals surface area contributed by atoms with Gasteiger partial charge < -0.3 is 14.6 Å². The second-order valence-electron chi connectivity index (χ2n) is 29.8. The molecule has 10 aliphatic rings. The average molecular weight is 1170 g/mol. The zero-order valence-corrected chi connectivity index (χ0v) is 54.0. The van der Waals surface area contributed by atoms with Crippen LogP contribution in [0.4, 0.5) is 0 Å². The highest BCUT2D eigenvalue weighted by molar-refractivity contribution is 5.75. The summed E-state index contributed by atoms with van der Waals surface area (Å²) in [6, 6.07) is 32.4. The van der Waals surface area contributed by atoms with Crippen LogP contribution in [-0.2, 0) is 38.0 Å². The number of benzene rings is 4. The highest BCUT2D eigenvalue weighted by atomic mass is 16.5. The van der Waals surface area contributed by atoms with Gasteiger partial charge in [0.1, 0.15) is 11.5 Å². The molecule has 0 aromatic heterocycles. The van der Waals surface area contributed by atoms with E-state index >= 15 is 0 Å². The summed E-state index contributed by atoms with van der Waals surface area (Å²) in [5.41, 5.74) is 9.69. The predicted octanol–water partition coefficient (Wildman–Crippen LogP) is 20.0. The molecule has 5 nitrogen and oxygen atoms in total. The lowest BCUT2D eigenvalue weighted by Gasteiger charge is -2.26. The molecule has 10 bridgehead atoms. The summed E-state index contributed by atoms with van der Waals surface area (Å²) in [6.07, 6.45) is 39.8. The van der Waals surface area contributed by atoms with Crippen LogP contribution in [0.1, 0.15) is 166 Å². The normalized spacial score (nSPS) is 29.8. The second-order valence-corrected chi connectivity index (χ2v) is 29.8. The van der Waals surface area contributed by atoms with Gasteiger partial charge >= 0.3 is 11.9 Å². The number of rotatable bonds is 16. The van der Waals surface area contributed by atoms with Gasteiger partial charge in [0.05, 0.1) is 19.4 Å². The van der Waals surface area contributed by atoms with Crippen molar-refractivity contribution >= 4 is 23.1 Å². The summed E-state index contributed by atoms with van der Waals surface area (Å²) in [6.45, 7) is 29.6. The van der Waals surface area contributed by atoms with Crippen molar-refractivity contribution in [2.45, 2.75) is 156 Å². The predicted molar refractivity (Wildman–Crippen MR) is 361 cm³/mol. The first-order valence-electron chi connectivity index (χ1n) is 33.4. The summed E-state index contributed by atoms with van der Waals surface area (Å²) in [5.74, 6) is 12.7. The molecule has 460 valence electrons. The molecule has 0 spiro atoms. The number of allylic oxidation sites excluding steroid dienone is 13. The Balaban J connectivity index is 0.000000130. The first kappa shape index (κ1) is 63.6. The molecule has 0 saturated heterocycles. The van der Waals surface area contributed by atoms with E-state index in [1.807, 2.05) is 62.4 Å². The minimum Gasteiger partial charge on any atom is -0.508 e. The number of phenolic OH excluding ortho intramolecular Hbond substituents is 1. The summed E-state index contributed by atoms with van der Waals surface area (Å²) in [4.78, 5) is 25.2. The number of hydrogen-bond acceptors (Lipinski definition) is 5. The molecule has 10 aliphatic carbocycles. The zero-order valence-electron chi connectivity index (χ0n) is 54.0. The molecule has 87 heavy (non-hydrogen) atoms. The number of hydrogen-bond donors (Lipinski definition) is 1. The molecule has 14 rings (SSSR count). The fourth-order valence-corrected chi connectivity index (χ4v) is 16.5. The Hall–Kier alpha value is -6.46. The monoisotopic (exact) mass is 1170 g/mol. The number of fused-ring (bicyclic) bond motifs is 10. The molecule has 4 aromatic carbocycles. The van der Waals surface area contributed by atoms with Gasteiger partial charge in [-0.3, -0.25) is 9.59 Å². The highest BCUT2D eigenvalue weighted by Gasteiger charge is 2.40. The van der Waals surface area contributed by atoms with Crippen LogP contribution in [0.3, 0.4) is 0 Å². The standard InChI is InChI=1S/C28H32O2.C22H28O2.C14H16O.C10H14.C8H12/c1-19(2)21-9-7-10-25(17-21)28(3,4)18-27(29)30-26-11-6-5-8-23(26)16-24-15-20-12-13-22(24)14-20;1-15(2)17-6-5-7-20(12-17)22(3,4)13-21(23)24-14-19-11-16-8-9-18(19)10-16;15-14-4-2-1-3-12(14)9-13-8-10-5-6-11(13)7-10;1-7(2)10-6-8-3-4-9(10)5-8;1-6-4-7-2-3-8(6)5-7/h5-13,17,20,22,24H,1,14-16,18H2,2-4H3;5-9,12,16,18-19H,1,10-11,13-14H2,2-4H3;1-6,10-11,13,15H,7-9H2;3-4,8-10H,1,5-6H2,2H3;2-3,6-8H,4-5H2,1H3. The van der Waals surface area contributed by atoms with Crippen molar-refractivity contribution < 1.29 is 24.2 Å². The molecule has 5 fully saturated rings. The molecule has 0 aliphatic heterocycles. The molecular formula is C82H102O5. The van der Waals surface area contributed by atoms with Gasteiger partial charge in [0.15, 0.2) is 0 Å². The van der Waals surface area contributed by atoms with Crippen LogP contribution in [0.2, 0.25) is 0 Å². The Bertz CT molecular complexity index is 3270. The van der Waals surface area contributed by atoms with E-state index in [0.717, 1.165) is 128 Å². The van der Waals surface area contributed by atoms with Crippen LogP contribution in [0.5, 0.6) is 11.5 Å². The summed E-state index contributed by atoms with van der Waals surface area (Å²) in [5, 5.41) is 9.72. The van der Waals surface area contributed by atoms with E-state index in [2.05, 4.69) is 165 Å². The van der Waals surface area contributed by atoms with E-state index in [4.69, 9.17) is 9.47 Å². The summed E-state index contributed by atoms with van der Waals surface area (Å²) >= 11 is 0. The Kier molecular flexibility index (Phi) is 20.4. The zero-order chi connectivity index (χ0) is 61.6. The van der Waals surface area contributed by atoms with Crippen LogP contribution in [-0.4, -0.2) is 23.7 Å². The number of para-hydroxylation sites is 2. The minimum absolute atomic E-state index is 0.0903. The van der Waals surface area contributed by atoms with Crippen LogP contribution < -0.4 is 4.74 Å². The van der Waals surface area contributed by atoms with Gasteiger partial charge in [-0.15, -0.1) is 0 Å². The summed E-state index contributed by atoms with van der Waals surface area (Å²) in [7, 11) is 0. The third-order valence-electron chi connectivity index (χ3n) is 21.8. The highest BCUT2D eigenvalue weighted by Crippen LogP contribution is 2.49. The molecule has 5 heteroatoms. The quantitative estimate of drug-likeness (QED) is 0.0687. The van der Waals surface area contributed by atoms with Crippen molar-refractivity contribution in [1.82, 2.24) is 0 Å². The van der Waals surface area contributed by atoms with Gasteiger partial charge in [0, 0.05) is 10.8 Å². The third kappa shape index (κ3) is 16.3. The van der Waals surface area contributed by atoms with Gasteiger partial charge in [-0.2, -0.15) is 0 Å². The lowest BCUT2D eigenvalue weighted by atomic mass is 9.80. The van der Waals surface area contributed by atoms with Gasteiger partial charge in [-0.1, -0.05) is 217 Å². The van der Waals surface area contributed by atoms with Crippen molar-refractivity contribution in [3.63, 3.8) is 0 Å². The Morgan fingerprint density at radius 1 is 0.483 bits per heavy atom. The molecule has 15 atom stereocenters. The Morgan fingerprint density at radius 2 is 0.920 bits per heavy atom. The molecule has 1 N–H and O–H groups in total. The lowest BCUT2D eigenvalue weighted by Crippen LogP contribution is -2.25. The molecule has 5 saturated carbocycles. The van der Waals surface area contributed by atoms with Crippen molar-refractivity contribution in [2.75, 3.05) is 6.61 Å². The van der Waals surface area contributed by atoms with Crippen LogP contribution >= 0.6 is 0 Å². The maximum atomic E-state index is 12.9. The van der Waals surface area contributed by atoms with Crippen LogP contribution in [0, 0.1) is 88.8 Å². The molecule has 15 unspecified atom stereocenters. The molecule has 0 heterocycles. The maximum Gasteiger partial charge on any atom is 0.312 e. The third-order valence-corrected chi connectivity index (χ3v) is 21.8. The fourth-order valence-electron chi connectivity index (χ4n) is 16.5. The van der Waals surface area contributed by atoms with E-state index in [9.17, 15) is 14.7 Å². The van der Waals surface area contributed by atoms with E-state index in [1.165, 1.54) is 69.8 Å². The largest absolute Gasteiger partial charge is 0.508 e. The van der Waals surface area contributed by atoms with Gasteiger partial charge in [0.2, 0.25) is 0 Å². The second kappa shape index (κ2) is 27.9. The Labute approximate surface area is 524 Å². The minimum atomic E-state index is -0.313. The topological polar surface area (TPSA) is 72.8 Å². The lowest BCUT2D eigenvalue weighted by molar-refractivity contribution is -0.146. The smallest absolute Gasteiger partial charge is 0.312 e. The summed E-state index contributed by atoms with van der Waals surface area (Å²) < 4.78 is 11.5. The van der Waals surface area contributed by atoms with Gasteiger partial charge in [-0.25, -0.2) is 0 Å². The number of carbonyl (C=O) groups is 2. The van der Waals surface area contributed by atoms with Crippen LogP contribution in [0.25, 0.3) is 11.1 Å². The van der Waals surface area contributed by atoms with E-state index in [-0.39, 0.29) is 22.8 Å². The number of carbonyl (C=O) groups excluding carboxylic acids is 2. The van der Waals surface area contributed by atoms with Crippen molar-refractivity contribution in [1.29, 1.82) is 0 Å². The molecular weight excluding hydrogens is 1060 g/mol. The number of esters is 2. The van der Waals surface area contributed by atoms with Gasteiger partial charge in [-0.05, 0) is 232 Å². The van der Waals surface area contributed by atoms with Crippen molar-refractivity contribution in [2.24, 2.45) is 88.8 Å². The first-order chi connectivity index (χ1) is 41.6. The molecule has 0 amide bonds. The van der Waals surface area contributed by atoms with Gasteiger partial charge in [0.25, 0.3) is 0 Å². The first-order valence-corrected chi connectivity index (χ1v) is 33.4. The van der Waals surface area contributed by atoms with Crippen molar-refractivity contribution in [3.05, 3.63) is 217 Å². The van der Waals surface area contributed by atoms with E-state index in [1.54, 1.807) is 6.07 Å². The number of ether oxygens (including phenoxy) is 2. The Morgan fingerprint density at radius 3 is 1.32 bits per heavy atom. The number of phenols is 1. The molecule has 4 aromatic rings. The average Bonchev–Trinajstić information content (AvgIpc) is 4.00. The van der Waals surface area contributed by atoms with E-state index < -0.39 is 0 Å². The molecule has 0 radical (unpaired) electrons. The fraction of sp³-hybridized carbons (Fsp3) is 0.488. The number of aromatic hydroxyl groups is 1. The maximum absolute atomic E-state index is 12.9.